The Labute approximate surface area is 181 Å². The smallest absolute Gasteiger partial charge is 0.425 e. The summed E-state index contributed by atoms with van der Waals surface area (Å²) in [4.78, 5) is 13.1. The number of carbonyl (C=O) groups excluding carboxylic acids is 1. The number of rotatable bonds is 10. The van der Waals surface area contributed by atoms with E-state index in [1.807, 2.05) is 0 Å². The van der Waals surface area contributed by atoms with Crippen molar-refractivity contribution in [1.29, 1.82) is 0 Å². The Kier molecular flexibility index (Phi) is 9.75. The fourth-order valence-corrected chi connectivity index (χ4v) is 3.27. The number of halogens is 6. The van der Waals surface area contributed by atoms with Crippen LogP contribution in [0.3, 0.4) is 0 Å². The first-order valence-electron chi connectivity index (χ1n) is 9.81. The summed E-state index contributed by atoms with van der Waals surface area (Å²) in [5.74, 6) is -1.33. The van der Waals surface area contributed by atoms with Gasteiger partial charge in [-0.05, 0) is 47.0 Å². The molecule has 0 aromatic carbocycles. The standard InChI is InChI=1S/C20H33BF6O4/c1-12(2)9-14(11-18(31-21,19(22,23)24)20(25,26)27)30-15(28)17(7,10-13(3)4)16(5,6)29-8/h10,12,14H,9,11,21H2,1-8H3. The van der Waals surface area contributed by atoms with Gasteiger partial charge in [-0.3, -0.25) is 4.79 Å². The molecule has 0 radical (unpaired) electrons. The lowest BCUT2D eigenvalue weighted by Crippen LogP contribution is -2.60. The number of hydrogen-bond acceptors (Lipinski definition) is 4. The van der Waals surface area contributed by atoms with Crippen LogP contribution in [0.15, 0.2) is 11.6 Å². The molecule has 0 fully saturated rings. The van der Waals surface area contributed by atoms with Crippen LogP contribution in [-0.4, -0.2) is 50.8 Å². The van der Waals surface area contributed by atoms with E-state index < -0.39 is 47.5 Å². The maximum Gasteiger partial charge on any atom is 0.425 e. The van der Waals surface area contributed by atoms with E-state index in [0.29, 0.717) is 13.6 Å². The largest absolute Gasteiger partial charge is 0.462 e. The second-order valence-corrected chi connectivity index (χ2v) is 9.03. The van der Waals surface area contributed by atoms with Crippen LogP contribution in [0.2, 0.25) is 0 Å². The first-order valence-corrected chi connectivity index (χ1v) is 9.81. The highest BCUT2D eigenvalue weighted by atomic mass is 19.4. The Morgan fingerprint density at radius 2 is 1.45 bits per heavy atom. The van der Waals surface area contributed by atoms with Gasteiger partial charge in [0.1, 0.15) is 11.5 Å². The zero-order chi connectivity index (χ0) is 25.1. The predicted octanol–water partition coefficient (Wildman–Crippen LogP) is 5.16. The number of esters is 1. The molecule has 2 atom stereocenters. The van der Waals surface area contributed by atoms with E-state index in [1.54, 1.807) is 41.5 Å². The molecule has 0 rings (SSSR count). The molecular weight excluding hydrogens is 429 g/mol. The molecule has 0 aliphatic heterocycles. The Bertz CT molecular complexity index is 625. The molecular formula is C20H33BF6O4. The molecule has 4 nitrogen and oxygen atoms in total. The fraction of sp³-hybridized carbons (Fsp3) is 0.850. The molecule has 31 heavy (non-hydrogen) atoms. The van der Waals surface area contributed by atoms with Crippen LogP contribution in [0.5, 0.6) is 0 Å². The Morgan fingerprint density at radius 1 is 1.00 bits per heavy atom. The first kappa shape index (κ1) is 29.8. The predicted molar refractivity (Wildman–Crippen MR) is 107 cm³/mol. The monoisotopic (exact) mass is 462 g/mol. The average molecular weight is 462 g/mol. The zero-order valence-electron chi connectivity index (χ0n) is 19.5. The number of alkyl halides is 6. The molecule has 0 bridgehead atoms. The molecule has 0 saturated heterocycles. The minimum atomic E-state index is -5.77. The van der Waals surface area contributed by atoms with Gasteiger partial charge in [0.2, 0.25) is 5.60 Å². The average Bonchev–Trinajstić information content (AvgIpc) is 2.55. The van der Waals surface area contributed by atoms with Gasteiger partial charge in [0.25, 0.3) is 8.05 Å². The number of allylic oxidation sites excluding steroid dienone is 1. The highest BCUT2D eigenvalue weighted by molar-refractivity contribution is 5.98. The van der Waals surface area contributed by atoms with Crippen LogP contribution in [-0.2, 0) is 18.9 Å². The Hall–Kier alpha value is -1.23. The first-order chi connectivity index (χ1) is 13.7. The van der Waals surface area contributed by atoms with Gasteiger partial charge >= 0.3 is 18.3 Å². The van der Waals surface area contributed by atoms with E-state index in [4.69, 9.17) is 9.47 Å². The minimum absolute atomic E-state index is 0.221. The summed E-state index contributed by atoms with van der Waals surface area (Å²) in [5, 5.41) is 0. The molecule has 182 valence electrons. The summed E-state index contributed by atoms with van der Waals surface area (Å²) in [7, 11) is 1.69. The van der Waals surface area contributed by atoms with E-state index in [0.717, 1.165) is 0 Å². The lowest BCUT2D eigenvalue weighted by molar-refractivity contribution is -0.363. The van der Waals surface area contributed by atoms with Crippen molar-refractivity contribution in [3.63, 3.8) is 0 Å². The van der Waals surface area contributed by atoms with E-state index in [2.05, 4.69) is 4.65 Å². The molecule has 0 aliphatic carbocycles. The van der Waals surface area contributed by atoms with Crippen molar-refractivity contribution in [2.24, 2.45) is 11.3 Å². The number of ether oxygens (including phenoxy) is 2. The second-order valence-electron chi connectivity index (χ2n) is 9.03. The van der Waals surface area contributed by atoms with Crippen LogP contribution in [0.25, 0.3) is 0 Å². The molecule has 0 aromatic rings. The Morgan fingerprint density at radius 3 is 1.74 bits per heavy atom. The van der Waals surface area contributed by atoms with Crippen molar-refractivity contribution in [3.05, 3.63) is 11.6 Å². The Balaban J connectivity index is 6.34. The second kappa shape index (κ2) is 10.1. The quantitative estimate of drug-likeness (QED) is 0.195. The highest BCUT2D eigenvalue weighted by Crippen LogP contribution is 2.49. The highest BCUT2D eigenvalue weighted by Gasteiger charge is 2.72. The van der Waals surface area contributed by atoms with Crippen molar-refractivity contribution >= 4 is 14.0 Å². The van der Waals surface area contributed by atoms with E-state index in [1.165, 1.54) is 20.1 Å². The van der Waals surface area contributed by atoms with Gasteiger partial charge < -0.3 is 14.1 Å². The minimum Gasteiger partial charge on any atom is -0.462 e. The third kappa shape index (κ3) is 6.63. The van der Waals surface area contributed by atoms with Crippen LogP contribution < -0.4 is 0 Å². The summed E-state index contributed by atoms with van der Waals surface area (Å²) in [6, 6.07) is 0. The van der Waals surface area contributed by atoms with Gasteiger partial charge in [0.15, 0.2) is 0 Å². The van der Waals surface area contributed by atoms with Crippen LogP contribution in [0, 0.1) is 11.3 Å². The molecule has 0 aliphatic rings. The SMILES string of the molecule is BOC(CC(CC(C)C)OC(=O)C(C)(C=C(C)C)C(C)(C)OC)(C(F)(F)F)C(F)(F)F. The molecule has 0 saturated carbocycles. The number of hydrogen-bond donors (Lipinski definition) is 0. The van der Waals surface area contributed by atoms with E-state index in [9.17, 15) is 31.1 Å². The van der Waals surface area contributed by atoms with Crippen molar-refractivity contribution in [2.75, 3.05) is 7.11 Å². The maximum atomic E-state index is 13.5. The van der Waals surface area contributed by atoms with E-state index >= 15 is 0 Å². The number of methoxy groups -OCH3 is 1. The summed E-state index contributed by atoms with van der Waals surface area (Å²) in [6.07, 6.45) is -13.5. The molecule has 0 N–H and O–H groups in total. The van der Waals surface area contributed by atoms with Crippen molar-refractivity contribution in [2.45, 2.75) is 91.0 Å². The van der Waals surface area contributed by atoms with E-state index in [-0.39, 0.29) is 12.3 Å². The van der Waals surface area contributed by atoms with Gasteiger partial charge in [-0.15, -0.1) is 0 Å². The summed E-state index contributed by atoms with van der Waals surface area (Å²) < 4.78 is 96.0. The fourth-order valence-electron chi connectivity index (χ4n) is 3.27. The molecule has 2 unspecified atom stereocenters. The van der Waals surface area contributed by atoms with Crippen LogP contribution in [0.1, 0.15) is 61.3 Å². The molecule has 0 spiro atoms. The maximum absolute atomic E-state index is 13.5. The van der Waals surface area contributed by atoms with Crippen molar-refractivity contribution in [3.8, 4) is 0 Å². The topological polar surface area (TPSA) is 44.8 Å². The summed E-state index contributed by atoms with van der Waals surface area (Å²) in [6.45, 7) is 11.2. The molecule has 0 aromatic heterocycles. The van der Waals surface area contributed by atoms with Gasteiger partial charge in [-0.25, -0.2) is 0 Å². The molecule has 0 amide bonds. The molecule has 11 heteroatoms. The summed E-state index contributed by atoms with van der Waals surface area (Å²) in [5.41, 5.74) is -6.40. The third-order valence-corrected chi connectivity index (χ3v) is 5.55. The van der Waals surface area contributed by atoms with Gasteiger partial charge in [0, 0.05) is 13.5 Å². The van der Waals surface area contributed by atoms with Gasteiger partial charge in [0.05, 0.1) is 5.60 Å². The normalized spacial score (nSPS) is 16.6. The lowest BCUT2D eigenvalue weighted by Gasteiger charge is -2.42. The molecule has 0 heterocycles. The lowest BCUT2D eigenvalue weighted by atomic mass is 9.74. The number of carbonyl (C=O) groups is 1. The third-order valence-electron chi connectivity index (χ3n) is 5.55. The van der Waals surface area contributed by atoms with Crippen molar-refractivity contribution < 1.29 is 45.3 Å². The summed E-state index contributed by atoms with van der Waals surface area (Å²) >= 11 is 0. The van der Waals surface area contributed by atoms with Crippen molar-refractivity contribution in [1.82, 2.24) is 0 Å². The zero-order valence-corrected chi connectivity index (χ0v) is 19.5. The van der Waals surface area contributed by atoms with Gasteiger partial charge in [-0.1, -0.05) is 25.5 Å². The van der Waals surface area contributed by atoms with Crippen LogP contribution in [0.4, 0.5) is 26.3 Å². The van der Waals surface area contributed by atoms with Gasteiger partial charge in [-0.2, -0.15) is 26.3 Å². The van der Waals surface area contributed by atoms with Crippen LogP contribution >= 0.6 is 0 Å².